The Morgan fingerprint density at radius 3 is 1.77 bits per heavy atom. The molecule has 80 valence electrons. The van der Waals surface area contributed by atoms with Crippen LogP contribution in [0.1, 0.15) is 33.1 Å². The van der Waals surface area contributed by atoms with Crippen molar-refractivity contribution < 1.29 is 9.53 Å². The molecule has 0 aromatic carbocycles. The summed E-state index contributed by atoms with van der Waals surface area (Å²) >= 11 is 0. The molecule has 0 aromatic heterocycles. The molecule has 4 nitrogen and oxygen atoms in total. The van der Waals surface area contributed by atoms with Gasteiger partial charge in [-0.25, -0.2) is 0 Å². The molecule has 0 spiro atoms. The predicted octanol–water partition coefficient (Wildman–Crippen LogP) is 0.642. The van der Waals surface area contributed by atoms with Crippen molar-refractivity contribution in [1.29, 1.82) is 0 Å². The number of hydrogen-bond donors (Lipinski definition) is 2. The lowest BCUT2D eigenvalue weighted by Crippen LogP contribution is -2.02. The molecule has 0 amide bonds. The Hall–Kier alpha value is -0.610. The fraction of sp³-hybridized carbons (Fsp3) is 0.889. The molecule has 4 heteroatoms. The van der Waals surface area contributed by atoms with Crippen LogP contribution < -0.4 is 11.5 Å². The van der Waals surface area contributed by atoms with Crippen LogP contribution in [0.2, 0.25) is 0 Å². The average molecular weight is 190 g/mol. The minimum atomic E-state index is 0.0301. The number of ether oxygens (including phenoxy) is 1. The lowest BCUT2D eigenvalue weighted by Gasteiger charge is -1.96. The van der Waals surface area contributed by atoms with E-state index in [0.29, 0.717) is 6.47 Å². The minimum absolute atomic E-state index is 0.0301. The topological polar surface area (TPSA) is 78.3 Å². The van der Waals surface area contributed by atoms with Gasteiger partial charge < -0.3 is 16.2 Å². The van der Waals surface area contributed by atoms with E-state index in [-0.39, 0.29) is 6.10 Å². The summed E-state index contributed by atoms with van der Waals surface area (Å²) in [5.74, 6) is 0. The molecule has 0 atom stereocenters. The highest BCUT2D eigenvalue weighted by atomic mass is 16.5. The Balaban J connectivity index is 0. The smallest absolute Gasteiger partial charge is 0.293 e. The van der Waals surface area contributed by atoms with Crippen LogP contribution in [0.25, 0.3) is 0 Å². The number of nitrogens with two attached hydrogens (primary N) is 2. The van der Waals surface area contributed by atoms with E-state index in [4.69, 9.17) is 11.5 Å². The lowest BCUT2D eigenvalue weighted by molar-refractivity contribution is -0.131. The normalized spacial score (nSPS) is 9.00. The van der Waals surface area contributed by atoms with Crippen LogP contribution in [-0.2, 0) is 9.53 Å². The maximum atomic E-state index is 9.39. The highest BCUT2D eigenvalue weighted by Crippen LogP contribution is 1.88. The number of rotatable bonds is 6. The molecule has 0 heterocycles. The molecule has 0 aromatic rings. The van der Waals surface area contributed by atoms with Crippen LogP contribution in [0.15, 0.2) is 0 Å². The molecule has 0 saturated carbocycles. The minimum Gasteiger partial charge on any atom is -0.465 e. The molecule has 0 unspecified atom stereocenters. The molecule has 0 bridgehead atoms. The summed E-state index contributed by atoms with van der Waals surface area (Å²) in [7, 11) is 0. The first kappa shape index (κ1) is 14.9. The van der Waals surface area contributed by atoms with Crippen molar-refractivity contribution in [1.82, 2.24) is 0 Å². The molecule has 0 aliphatic carbocycles. The van der Waals surface area contributed by atoms with Crippen molar-refractivity contribution in [3.63, 3.8) is 0 Å². The zero-order valence-electron chi connectivity index (χ0n) is 8.66. The van der Waals surface area contributed by atoms with Gasteiger partial charge >= 0.3 is 0 Å². The zero-order valence-corrected chi connectivity index (χ0v) is 8.66. The van der Waals surface area contributed by atoms with Crippen molar-refractivity contribution in [2.24, 2.45) is 11.5 Å². The van der Waals surface area contributed by atoms with Crippen LogP contribution in [0, 0.1) is 0 Å². The van der Waals surface area contributed by atoms with Crippen molar-refractivity contribution in [3.05, 3.63) is 0 Å². The Bertz CT molecular complexity index is 93.6. The van der Waals surface area contributed by atoms with E-state index in [0.717, 1.165) is 25.9 Å². The van der Waals surface area contributed by atoms with Gasteiger partial charge in [0.25, 0.3) is 6.47 Å². The van der Waals surface area contributed by atoms with Gasteiger partial charge in [-0.1, -0.05) is 6.42 Å². The summed E-state index contributed by atoms with van der Waals surface area (Å²) in [6, 6.07) is 0. The molecule has 4 N–H and O–H groups in total. The Morgan fingerprint density at radius 1 is 1.15 bits per heavy atom. The van der Waals surface area contributed by atoms with Gasteiger partial charge in [0.15, 0.2) is 0 Å². The van der Waals surface area contributed by atoms with E-state index >= 15 is 0 Å². The van der Waals surface area contributed by atoms with Crippen molar-refractivity contribution >= 4 is 6.47 Å². The van der Waals surface area contributed by atoms with Crippen molar-refractivity contribution in [3.8, 4) is 0 Å². The van der Waals surface area contributed by atoms with Crippen molar-refractivity contribution in [2.45, 2.75) is 39.2 Å². The summed E-state index contributed by atoms with van der Waals surface area (Å²) < 4.78 is 4.36. The zero-order chi connectivity index (χ0) is 10.5. The maximum Gasteiger partial charge on any atom is 0.293 e. The molecular weight excluding hydrogens is 168 g/mol. The van der Waals surface area contributed by atoms with E-state index in [1.807, 2.05) is 0 Å². The molecule has 13 heavy (non-hydrogen) atoms. The quantitative estimate of drug-likeness (QED) is 0.476. The van der Waals surface area contributed by atoms with Crippen molar-refractivity contribution in [2.75, 3.05) is 13.1 Å². The first-order valence-electron chi connectivity index (χ1n) is 4.68. The van der Waals surface area contributed by atoms with E-state index in [2.05, 4.69) is 4.74 Å². The molecule has 0 rings (SSSR count). The Labute approximate surface area is 80.6 Å². The van der Waals surface area contributed by atoms with Gasteiger partial charge in [0.2, 0.25) is 0 Å². The van der Waals surface area contributed by atoms with Gasteiger partial charge in [0, 0.05) is 0 Å². The Kier molecular flexibility index (Phi) is 16.0. The maximum absolute atomic E-state index is 9.39. The van der Waals surface area contributed by atoms with Gasteiger partial charge in [0.05, 0.1) is 6.10 Å². The third kappa shape index (κ3) is 24.6. The molecule has 0 radical (unpaired) electrons. The molecule has 0 saturated heterocycles. The first-order chi connectivity index (χ1) is 6.18. The molecular formula is C9H22N2O2. The second kappa shape index (κ2) is 13.9. The van der Waals surface area contributed by atoms with E-state index in [1.165, 1.54) is 6.42 Å². The third-order valence-electron chi connectivity index (χ3n) is 1.24. The molecule has 0 fully saturated rings. The van der Waals surface area contributed by atoms with Gasteiger partial charge in [-0.2, -0.15) is 0 Å². The summed E-state index contributed by atoms with van der Waals surface area (Å²) in [6.07, 6.45) is 3.46. The van der Waals surface area contributed by atoms with Crippen LogP contribution in [-0.4, -0.2) is 25.7 Å². The molecule has 0 aliphatic rings. The number of carbonyl (C=O) groups excluding carboxylic acids is 1. The largest absolute Gasteiger partial charge is 0.465 e. The number of hydrogen-bond acceptors (Lipinski definition) is 4. The highest BCUT2D eigenvalue weighted by Gasteiger charge is 1.83. The van der Waals surface area contributed by atoms with Gasteiger partial charge in [-0.05, 0) is 39.8 Å². The average Bonchev–Trinajstić information content (AvgIpc) is 2.06. The first-order valence-corrected chi connectivity index (χ1v) is 4.68. The van der Waals surface area contributed by atoms with Gasteiger partial charge in [-0.3, -0.25) is 4.79 Å². The standard InChI is InChI=1S/C5H14N2.C4H8O2/c6-4-2-1-3-5-7;1-4(2)6-3-5/h1-7H2;3-4H,1-2H3. The Morgan fingerprint density at radius 2 is 1.62 bits per heavy atom. The van der Waals surface area contributed by atoms with Crippen LogP contribution >= 0.6 is 0 Å². The van der Waals surface area contributed by atoms with Crippen LogP contribution in [0.4, 0.5) is 0 Å². The van der Waals surface area contributed by atoms with E-state index in [9.17, 15) is 4.79 Å². The monoisotopic (exact) mass is 190 g/mol. The number of unbranched alkanes of at least 4 members (excludes halogenated alkanes) is 2. The predicted molar refractivity (Wildman–Crippen MR) is 54.2 cm³/mol. The van der Waals surface area contributed by atoms with Crippen LogP contribution in [0.3, 0.4) is 0 Å². The van der Waals surface area contributed by atoms with Gasteiger partial charge in [-0.15, -0.1) is 0 Å². The fourth-order valence-electron chi connectivity index (χ4n) is 0.577. The summed E-state index contributed by atoms with van der Waals surface area (Å²) in [6.45, 7) is 5.66. The third-order valence-corrected chi connectivity index (χ3v) is 1.24. The molecule has 0 aliphatic heterocycles. The number of carbonyl (C=O) groups is 1. The summed E-state index contributed by atoms with van der Waals surface area (Å²) in [5.41, 5.74) is 10.5. The summed E-state index contributed by atoms with van der Waals surface area (Å²) in [5, 5.41) is 0. The van der Waals surface area contributed by atoms with Crippen LogP contribution in [0.5, 0.6) is 0 Å². The fourth-order valence-corrected chi connectivity index (χ4v) is 0.577. The van der Waals surface area contributed by atoms with E-state index < -0.39 is 0 Å². The van der Waals surface area contributed by atoms with E-state index in [1.54, 1.807) is 13.8 Å². The van der Waals surface area contributed by atoms with Gasteiger partial charge in [0.1, 0.15) is 0 Å². The SMILES string of the molecule is CC(C)OC=O.NCCCCCN. The second-order valence-corrected chi connectivity index (χ2v) is 2.92. The summed E-state index contributed by atoms with van der Waals surface area (Å²) in [4.78, 5) is 9.39. The second-order valence-electron chi connectivity index (χ2n) is 2.92. The highest BCUT2D eigenvalue weighted by molar-refractivity contribution is 5.37. The lowest BCUT2D eigenvalue weighted by atomic mass is 10.2.